The third-order valence-corrected chi connectivity index (χ3v) is 1.83. The van der Waals surface area contributed by atoms with E-state index in [4.69, 9.17) is 0 Å². The van der Waals surface area contributed by atoms with E-state index in [1.807, 2.05) is 0 Å². The maximum Gasteiger partial charge on any atom is 0.120 e. The van der Waals surface area contributed by atoms with E-state index in [1.165, 1.54) is 16.7 Å². The van der Waals surface area contributed by atoms with Gasteiger partial charge in [-0.05, 0) is 25.8 Å². The van der Waals surface area contributed by atoms with Crippen LogP contribution in [0, 0.1) is 13.8 Å². The molecule has 0 N–H and O–H groups in total. The minimum absolute atomic E-state index is 0.628. The number of hydrogen-bond acceptors (Lipinski definition) is 1. The highest BCUT2D eigenvalue weighted by Crippen LogP contribution is 2.09. The van der Waals surface area contributed by atoms with Gasteiger partial charge in [-0.3, -0.25) is 0 Å². The Kier molecular flexibility index (Phi) is 3.03. The Hall–Kier alpha value is -1.11. The Morgan fingerprint density at radius 1 is 1.17 bits per heavy atom. The first kappa shape index (κ1) is 8.98. The Morgan fingerprint density at radius 3 is 2.25 bits per heavy atom. The summed E-state index contributed by atoms with van der Waals surface area (Å²) in [6, 6.07) is 6.41. The van der Waals surface area contributed by atoms with Crippen LogP contribution in [0.3, 0.4) is 0 Å². The van der Waals surface area contributed by atoms with E-state index in [0.717, 1.165) is 12.7 Å². The van der Waals surface area contributed by atoms with Crippen LogP contribution in [-0.2, 0) is 11.2 Å². The molecule has 0 saturated heterocycles. The lowest BCUT2D eigenvalue weighted by Crippen LogP contribution is -1.88. The largest absolute Gasteiger partial charge is 0.303 e. The number of aryl methyl sites for hydroxylation is 3. The quantitative estimate of drug-likeness (QED) is 0.624. The number of hydrogen-bond donors (Lipinski definition) is 0. The molecule has 0 fully saturated rings. The number of carbonyl (C=O) groups excluding carboxylic acids is 1. The van der Waals surface area contributed by atoms with Crippen molar-refractivity contribution in [1.82, 2.24) is 0 Å². The van der Waals surface area contributed by atoms with Crippen LogP contribution in [0.5, 0.6) is 0 Å². The van der Waals surface area contributed by atoms with Gasteiger partial charge in [0, 0.05) is 6.42 Å². The lowest BCUT2D eigenvalue weighted by atomic mass is 10.0. The molecule has 0 radical (unpaired) electrons. The van der Waals surface area contributed by atoms with Crippen molar-refractivity contribution in [2.45, 2.75) is 26.7 Å². The molecule has 0 aromatic heterocycles. The van der Waals surface area contributed by atoms with Crippen molar-refractivity contribution >= 4 is 6.29 Å². The van der Waals surface area contributed by atoms with Crippen LogP contribution in [0.2, 0.25) is 0 Å². The van der Waals surface area contributed by atoms with Crippen molar-refractivity contribution in [2.24, 2.45) is 0 Å². The zero-order valence-corrected chi connectivity index (χ0v) is 7.63. The second-order valence-electron chi connectivity index (χ2n) is 3.20. The summed E-state index contributed by atoms with van der Waals surface area (Å²) in [5.74, 6) is 0. The van der Waals surface area contributed by atoms with Crippen LogP contribution in [0.1, 0.15) is 23.1 Å². The highest BCUT2D eigenvalue weighted by atomic mass is 16.1. The van der Waals surface area contributed by atoms with E-state index in [1.54, 1.807) is 0 Å². The molecule has 0 atom stereocenters. The topological polar surface area (TPSA) is 17.1 Å². The fourth-order valence-electron chi connectivity index (χ4n) is 1.44. The summed E-state index contributed by atoms with van der Waals surface area (Å²) in [5, 5.41) is 0. The molecule has 0 heterocycles. The van der Waals surface area contributed by atoms with Gasteiger partial charge in [-0.2, -0.15) is 0 Å². The van der Waals surface area contributed by atoms with Gasteiger partial charge in [-0.1, -0.05) is 29.3 Å². The number of benzene rings is 1. The van der Waals surface area contributed by atoms with Gasteiger partial charge in [0.25, 0.3) is 0 Å². The number of aldehydes is 1. The summed E-state index contributed by atoms with van der Waals surface area (Å²) in [5.41, 5.74) is 3.81. The van der Waals surface area contributed by atoms with Crippen LogP contribution >= 0.6 is 0 Å². The molecule has 0 bridgehead atoms. The lowest BCUT2D eigenvalue weighted by molar-refractivity contribution is -0.107. The van der Waals surface area contributed by atoms with Gasteiger partial charge >= 0.3 is 0 Å². The van der Waals surface area contributed by atoms with E-state index in [0.29, 0.717) is 6.42 Å². The van der Waals surface area contributed by atoms with Gasteiger partial charge < -0.3 is 4.79 Å². The minimum Gasteiger partial charge on any atom is -0.303 e. The molecular formula is C11H14O. The molecule has 12 heavy (non-hydrogen) atoms. The Balaban J connectivity index is 2.78. The molecule has 1 aromatic carbocycles. The molecule has 64 valence electrons. The third kappa shape index (κ3) is 2.50. The first-order valence-electron chi connectivity index (χ1n) is 4.23. The maximum atomic E-state index is 10.1. The SMILES string of the molecule is Cc1cc(C)cc(CCC=O)c1. The Bertz CT molecular complexity index is 256. The van der Waals surface area contributed by atoms with Crippen molar-refractivity contribution in [2.75, 3.05) is 0 Å². The van der Waals surface area contributed by atoms with E-state index in [2.05, 4.69) is 32.0 Å². The molecular weight excluding hydrogens is 148 g/mol. The highest BCUT2D eigenvalue weighted by Gasteiger charge is 1.94. The Morgan fingerprint density at radius 2 is 1.75 bits per heavy atom. The molecule has 1 aromatic rings. The summed E-state index contributed by atoms with van der Waals surface area (Å²) >= 11 is 0. The zero-order valence-electron chi connectivity index (χ0n) is 7.63. The second kappa shape index (κ2) is 4.05. The maximum absolute atomic E-state index is 10.1. The molecule has 1 heteroatoms. The molecule has 0 unspecified atom stereocenters. The average molecular weight is 162 g/mol. The fraction of sp³-hybridized carbons (Fsp3) is 0.364. The van der Waals surface area contributed by atoms with E-state index in [-0.39, 0.29) is 0 Å². The highest BCUT2D eigenvalue weighted by molar-refractivity contribution is 5.50. The molecule has 1 nitrogen and oxygen atoms in total. The van der Waals surface area contributed by atoms with Gasteiger partial charge in [0.15, 0.2) is 0 Å². The normalized spacial score (nSPS) is 9.83. The molecule has 0 spiro atoms. The summed E-state index contributed by atoms with van der Waals surface area (Å²) in [6.45, 7) is 4.16. The molecule has 1 rings (SSSR count). The lowest BCUT2D eigenvalue weighted by Gasteiger charge is -2.01. The van der Waals surface area contributed by atoms with Crippen molar-refractivity contribution in [3.8, 4) is 0 Å². The van der Waals surface area contributed by atoms with Gasteiger partial charge in [0.05, 0.1) is 0 Å². The van der Waals surface area contributed by atoms with Crippen LogP contribution < -0.4 is 0 Å². The van der Waals surface area contributed by atoms with Gasteiger partial charge in [-0.25, -0.2) is 0 Å². The summed E-state index contributed by atoms with van der Waals surface area (Å²) in [7, 11) is 0. The summed E-state index contributed by atoms with van der Waals surface area (Å²) < 4.78 is 0. The van der Waals surface area contributed by atoms with Crippen molar-refractivity contribution in [3.63, 3.8) is 0 Å². The van der Waals surface area contributed by atoms with Crippen LogP contribution in [-0.4, -0.2) is 6.29 Å². The van der Waals surface area contributed by atoms with E-state index >= 15 is 0 Å². The smallest absolute Gasteiger partial charge is 0.120 e. The first-order chi connectivity index (χ1) is 5.72. The predicted octanol–water partition coefficient (Wildman–Crippen LogP) is 2.43. The van der Waals surface area contributed by atoms with Crippen molar-refractivity contribution in [1.29, 1.82) is 0 Å². The molecule has 0 aliphatic carbocycles. The first-order valence-corrected chi connectivity index (χ1v) is 4.23. The van der Waals surface area contributed by atoms with Crippen LogP contribution in [0.15, 0.2) is 18.2 Å². The summed E-state index contributed by atoms with van der Waals surface area (Å²) in [6.07, 6.45) is 2.46. The van der Waals surface area contributed by atoms with E-state index in [9.17, 15) is 4.79 Å². The molecule has 0 aliphatic rings. The predicted molar refractivity (Wildman–Crippen MR) is 50.3 cm³/mol. The van der Waals surface area contributed by atoms with Gasteiger partial charge in [-0.15, -0.1) is 0 Å². The molecule has 0 saturated carbocycles. The van der Waals surface area contributed by atoms with Crippen molar-refractivity contribution < 1.29 is 4.79 Å². The third-order valence-electron chi connectivity index (χ3n) is 1.83. The van der Waals surface area contributed by atoms with Crippen LogP contribution in [0.25, 0.3) is 0 Å². The summed E-state index contributed by atoms with van der Waals surface area (Å²) in [4.78, 5) is 10.1. The van der Waals surface area contributed by atoms with E-state index < -0.39 is 0 Å². The van der Waals surface area contributed by atoms with Crippen LogP contribution in [0.4, 0.5) is 0 Å². The number of rotatable bonds is 3. The molecule has 0 aliphatic heterocycles. The van der Waals surface area contributed by atoms with Gasteiger partial charge in [0.1, 0.15) is 6.29 Å². The Labute approximate surface area is 73.4 Å². The van der Waals surface area contributed by atoms with Crippen molar-refractivity contribution in [3.05, 3.63) is 34.9 Å². The second-order valence-corrected chi connectivity index (χ2v) is 3.20. The fourth-order valence-corrected chi connectivity index (χ4v) is 1.44. The standard InChI is InChI=1S/C11H14O/c1-9-6-10(2)8-11(7-9)4-3-5-12/h5-8H,3-4H2,1-2H3. The molecule has 0 amide bonds. The van der Waals surface area contributed by atoms with Gasteiger partial charge in [0.2, 0.25) is 0 Å². The monoisotopic (exact) mass is 162 g/mol. The minimum atomic E-state index is 0.628. The number of carbonyl (C=O) groups is 1. The average Bonchev–Trinajstić information content (AvgIpc) is 1.99. The zero-order chi connectivity index (χ0) is 8.97.